The fourth-order valence-electron chi connectivity index (χ4n) is 3.53. The molecule has 0 bridgehead atoms. The third kappa shape index (κ3) is 3.10. The van der Waals surface area contributed by atoms with Gasteiger partial charge in [-0.3, -0.25) is 0 Å². The molecule has 6 heteroatoms. The van der Waals surface area contributed by atoms with Gasteiger partial charge in [-0.05, 0) is 36.8 Å². The van der Waals surface area contributed by atoms with Gasteiger partial charge in [0, 0.05) is 49.6 Å². The quantitative estimate of drug-likeness (QED) is 0.788. The molecule has 0 spiro atoms. The molecule has 0 radical (unpaired) electrons. The van der Waals surface area contributed by atoms with Gasteiger partial charge in [-0.15, -0.1) is 0 Å². The number of benzene rings is 1. The highest BCUT2D eigenvalue weighted by atomic mass is 16.5. The van der Waals surface area contributed by atoms with Crippen LogP contribution >= 0.6 is 0 Å². The maximum Gasteiger partial charge on any atom is 0.314 e. The SMILES string of the molecule is Cc1c(-c2ccc(OC3CCN(C(N)=O)CC3)cc2)ccc2nccn12. The Labute approximate surface area is 152 Å². The number of primary amides is 1. The number of hydrogen-bond acceptors (Lipinski definition) is 3. The summed E-state index contributed by atoms with van der Waals surface area (Å²) >= 11 is 0. The van der Waals surface area contributed by atoms with E-state index in [1.54, 1.807) is 4.90 Å². The average molecular weight is 350 g/mol. The van der Waals surface area contributed by atoms with E-state index in [2.05, 4.69) is 34.5 Å². The summed E-state index contributed by atoms with van der Waals surface area (Å²) in [6, 6.07) is 12.0. The maximum absolute atomic E-state index is 11.2. The number of piperidine rings is 1. The molecule has 0 aliphatic carbocycles. The zero-order valence-electron chi connectivity index (χ0n) is 14.8. The summed E-state index contributed by atoms with van der Waals surface area (Å²) in [6.45, 7) is 3.41. The first-order valence-corrected chi connectivity index (χ1v) is 8.86. The van der Waals surface area contributed by atoms with Crippen LogP contribution in [0.15, 0.2) is 48.8 Å². The normalized spacial score (nSPS) is 15.3. The van der Waals surface area contributed by atoms with E-state index in [9.17, 15) is 4.79 Å². The molecule has 1 aliphatic heterocycles. The van der Waals surface area contributed by atoms with Crippen LogP contribution in [0.4, 0.5) is 4.79 Å². The average Bonchev–Trinajstić information content (AvgIpc) is 3.13. The minimum absolute atomic E-state index is 0.125. The third-order valence-electron chi connectivity index (χ3n) is 5.04. The van der Waals surface area contributed by atoms with Gasteiger partial charge in [0.2, 0.25) is 0 Å². The number of carbonyl (C=O) groups is 1. The van der Waals surface area contributed by atoms with Gasteiger partial charge in [0.15, 0.2) is 0 Å². The number of carbonyl (C=O) groups excluding carboxylic acids is 1. The first-order valence-electron chi connectivity index (χ1n) is 8.86. The van der Waals surface area contributed by atoms with Crippen molar-refractivity contribution in [3.63, 3.8) is 0 Å². The Morgan fingerprint density at radius 2 is 1.88 bits per heavy atom. The van der Waals surface area contributed by atoms with Crippen LogP contribution in [0.5, 0.6) is 5.75 Å². The van der Waals surface area contributed by atoms with E-state index in [1.807, 2.05) is 30.6 Å². The Bertz CT molecular complexity index is 925. The fraction of sp³-hybridized carbons (Fsp3) is 0.300. The van der Waals surface area contributed by atoms with Crippen LogP contribution in [0.3, 0.4) is 0 Å². The second-order valence-corrected chi connectivity index (χ2v) is 6.65. The summed E-state index contributed by atoms with van der Waals surface area (Å²) in [5.74, 6) is 0.854. The summed E-state index contributed by atoms with van der Waals surface area (Å²) in [5, 5.41) is 0. The topological polar surface area (TPSA) is 72.9 Å². The zero-order chi connectivity index (χ0) is 18.1. The van der Waals surface area contributed by atoms with Gasteiger partial charge in [0.25, 0.3) is 0 Å². The van der Waals surface area contributed by atoms with Gasteiger partial charge in [-0.2, -0.15) is 0 Å². The van der Waals surface area contributed by atoms with Crippen molar-refractivity contribution in [3.8, 4) is 16.9 Å². The number of aromatic nitrogens is 2. The van der Waals surface area contributed by atoms with E-state index < -0.39 is 0 Å². The number of ether oxygens (including phenoxy) is 1. The number of imidazole rings is 1. The highest BCUT2D eigenvalue weighted by molar-refractivity contribution is 5.72. The Morgan fingerprint density at radius 3 is 2.58 bits per heavy atom. The van der Waals surface area contributed by atoms with Crippen molar-refractivity contribution in [1.82, 2.24) is 14.3 Å². The van der Waals surface area contributed by atoms with Gasteiger partial charge in [-0.25, -0.2) is 9.78 Å². The Kier molecular flexibility index (Phi) is 4.24. The van der Waals surface area contributed by atoms with Crippen LogP contribution in [0.2, 0.25) is 0 Å². The monoisotopic (exact) mass is 350 g/mol. The Balaban J connectivity index is 1.47. The molecule has 3 aromatic rings. The lowest BCUT2D eigenvalue weighted by Crippen LogP contribution is -2.44. The van der Waals surface area contributed by atoms with Crippen molar-refractivity contribution in [2.24, 2.45) is 5.73 Å². The molecule has 1 saturated heterocycles. The molecule has 1 fully saturated rings. The molecule has 1 aromatic carbocycles. The lowest BCUT2D eigenvalue weighted by atomic mass is 10.0. The predicted octanol–water partition coefficient (Wildman–Crippen LogP) is 3.23. The highest BCUT2D eigenvalue weighted by Gasteiger charge is 2.22. The molecule has 2 amide bonds. The van der Waals surface area contributed by atoms with Crippen molar-refractivity contribution in [2.75, 3.05) is 13.1 Å². The first-order chi connectivity index (χ1) is 12.6. The summed E-state index contributed by atoms with van der Waals surface area (Å²) in [4.78, 5) is 17.2. The predicted molar refractivity (Wildman–Crippen MR) is 100 cm³/mol. The first kappa shape index (κ1) is 16.4. The van der Waals surface area contributed by atoms with E-state index in [0.717, 1.165) is 35.5 Å². The number of urea groups is 1. The summed E-state index contributed by atoms with van der Waals surface area (Å²) in [6.07, 6.45) is 5.53. The lowest BCUT2D eigenvalue weighted by molar-refractivity contribution is 0.114. The van der Waals surface area contributed by atoms with Gasteiger partial charge in [0.1, 0.15) is 17.5 Å². The standard InChI is InChI=1S/C20H22N4O2/c1-14-18(6-7-19-22-10-13-24(14)19)15-2-4-16(5-3-15)26-17-8-11-23(12-9-17)20(21)25/h2-7,10,13,17H,8-9,11-12H2,1H3,(H2,21,25). The van der Waals surface area contributed by atoms with Crippen molar-refractivity contribution in [2.45, 2.75) is 25.9 Å². The molecule has 2 aromatic heterocycles. The van der Waals surface area contributed by atoms with Crippen LogP contribution in [-0.2, 0) is 0 Å². The molecular formula is C20H22N4O2. The molecule has 0 unspecified atom stereocenters. The molecule has 1 aliphatic rings. The number of nitrogens with two attached hydrogens (primary N) is 1. The van der Waals surface area contributed by atoms with Crippen LogP contribution in [0, 0.1) is 6.92 Å². The largest absolute Gasteiger partial charge is 0.490 e. The molecule has 0 atom stereocenters. The molecule has 134 valence electrons. The van der Waals surface area contributed by atoms with Crippen molar-refractivity contribution >= 4 is 11.7 Å². The van der Waals surface area contributed by atoms with Gasteiger partial charge >= 0.3 is 6.03 Å². The van der Waals surface area contributed by atoms with Crippen molar-refractivity contribution in [3.05, 3.63) is 54.5 Å². The molecule has 4 rings (SSSR count). The number of rotatable bonds is 3. The molecule has 2 N–H and O–H groups in total. The van der Waals surface area contributed by atoms with Crippen molar-refractivity contribution in [1.29, 1.82) is 0 Å². The van der Waals surface area contributed by atoms with Crippen molar-refractivity contribution < 1.29 is 9.53 Å². The van der Waals surface area contributed by atoms with Gasteiger partial charge < -0.3 is 19.8 Å². The molecular weight excluding hydrogens is 328 g/mol. The van der Waals surface area contributed by atoms with Crippen LogP contribution < -0.4 is 10.5 Å². The smallest absolute Gasteiger partial charge is 0.314 e. The lowest BCUT2D eigenvalue weighted by Gasteiger charge is -2.31. The van der Waals surface area contributed by atoms with E-state index in [0.29, 0.717) is 13.1 Å². The number of hydrogen-bond donors (Lipinski definition) is 1. The maximum atomic E-state index is 11.2. The van der Waals surface area contributed by atoms with E-state index >= 15 is 0 Å². The minimum Gasteiger partial charge on any atom is -0.490 e. The van der Waals surface area contributed by atoms with Crippen LogP contribution in [-0.4, -0.2) is 39.5 Å². The second kappa shape index (κ2) is 6.71. The minimum atomic E-state index is -0.349. The summed E-state index contributed by atoms with van der Waals surface area (Å²) < 4.78 is 8.16. The number of aryl methyl sites for hydroxylation is 1. The Hall–Kier alpha value is -3.02. The number of fused-ring (bicyclic) bond motifs is 1. The summed E-state index contributed by atoms with van der Waals surface area (Å²) in [7, 11) is 0. The van der Waals surface area contributed by atoms with Gasteiger partial charge in [0.05, 0.1) is 0 Å². The molecule has 6 nitrogen and oxygen atoms in total. The number of nitrogens with zero attached hydrogens (tertiary/aromatic N) is 3. The van der Waals surface area contributed by atoms with E-state index in [-0.39, 0.29) is 12.1 Å². The van der Waals surface area contributed by atoms with E-state index in [4.69, 9.17) is 10.5 Å². The van der Waals surface area contributed by atoms with Crippen LogP contribution in [0.25, 0.3) is 16.8 Å². The highest BCUT2D eigenvalue weighted by Crippen LogP contribution is 2.27. The number of pyridine rings is 1. The second-order valence-electron chi connectivity index (χ2n) is 6.65. The number of amides is 2. The zero-order valence-corrected chi connectivity index (χ0v) is 14.8. The van der Waals surface area contributed by atoms with Crippen LogP contribution in [0.1, 0.15) is 18.5 Å². The molecule has 3 heterocycles. The Morgan fingerprint density at radius 1 is 1.15 bits per heavy atom. The number of likely N-dealkylation sites (tertiary alicyclic amines) is 1. The van der Waals surface area contributed by atoms with Gasteiger partial charge in [-0.1, -0.05) is 12.1 Å². The molecule has 26 heavy (non-hydrogen) atoms. The fourth-order valence-corrected chi connectivity index (χ4v) is 3.53. The summed E-state index contributed by atoms with van der Waals surface area (Å²) in [5.41, 5.74) is 9.75. The van der Waals surface area contributed by atoms with E-state index in [1.165, 1.54) is 5.56 Å². The third-order valence-corrected chi connectivity index (χ3v) is 5.04. The molecule has 0 saturated carbocycles.